The van der Waals surface area contributed by atoms with Crippen LogP contribution in [-0.2, 0) is 9.53 Å². The van der Waals surface area contributed by atoms with E-state index in [-0.39, 0.29) is 0 Å². The zero-order valence-corrected chi connectivity index (χ0v) is 15.1. The van der Waals surface area contributed by atoms with E-state index in [1.54, 1.807) is 6.08 Å². The van der Waals surface area contributed by atoms with E-state index in [1.165, 1.54) is 13.2 Å². The minimum absolute atomic E-state index is 0.415. The van der Waals surface area contributed by atoms with Crippen LogP contribution in [0.3, 0.4) is 0 Å². The minimum atomic E-state index is -0.415. The molecule has 0 unspecified atom stereocenters. The van der Waals surface area contributed by atoms with Crippen molar-refractivity contribution in [3.8, 4) is 11.1 Å². The number of pyridine rings is 1. The van der Waals surface area contributed by atoms with Crippen molar-refractivity contribution in [2.45, 2.75) is 0 Å². The van der Waals surface area contributed by atoms with Crippen LogP contribution in [0.2, 0.25) is 0 Å². The summed E-state index contributed by atoms with van der Waals surface area (Å²) < 4.78 is 4.70. The first-order valence-electron chi connectivity index (χ1n) is 8.92. The molecule has 1 saturated heterocycles. The number of anilines is 1. The fourth-order valence-electron chi connectivity index (χ4n) is 3.38. The first kappa shape index (κ1) is 17.2. The predicted octanol–water partition coefficient (Wildman–Crippen LogP) is 2.22. The third-order valence-corrected chi connectivity index (χ3v) is 4.69. The van der Waals surface area contributed by atoms with Crippen molar-refractivity contribution in [2.24, 2.45) is 0 Å². The van der Waals surface area contributed by atoms with Gasteiger partial charge in [0.1, 0.15) is 0 Å². The second-order valence-corrected chi connectivity index (χ2v) is 6.31. The van der Waals surface area contributed by atoms with Crippen molar-refractivity contribution in [3.63, 3.8) is 0 Å². The van der Waals surface area contributed by atoms with E-state index in [0.717, 1.165) is 48.4 Å². The van der Waals surface area contributed by atoms with Crippen LogP contribution in [0.1, 0.15) is 5.69 Å². The Morgan fingerprint density at radius 2 is 2.00 bits per heavy atom. The number of piperazine rings is 1. The number of nitrogens with one attached hydrogen (secondary N) is 2. The number of nitrogens with zero attached hydrogens (tertiary/aromatic N) is 3. The molecule has 2 aromatic heterocycles. The molecule has 0 bridgehead atoms. The number of H-pyrrole nitrogens is 1. The van der Waals surface area contributed by atoms with E-state index in [4.69, 9.17) is 4.74 Å². The topological polar surface area (TPSA) is 83.1 Å². The SMILES string of the molecule is COC(=O)C=Cc1n[nH]c2ncc(-c3ccccc3)c(N3CCNCC3)c12. The molecule has 4 rings (SSSR count). The number of fused-ring (bicyclic) bond motifs is 1. The monoisotopic (exact) mass is 363 g/mol. The fourth-order valence-corrected chi connectivity index (χ4v) is 3.38. The van der Waals surface area contributed by atoms with E-state index in [0.29, 0.717) is 11.3 Å². The Hall–Kier alpha value is -3.19. The van der Waals surface area contributed by atoms with Crippen LogP contribution < -0.4 is 10.2 Å². The first-order chi connectivity index (χ1) is 13.3. The number of carbonyl (C=O) groups excluding carboxylic acids is 1. The molecule has 0 radical (unpaired) electrons. The van der Waals surface area contributed by atoms with Gasteiger partial charge in [-0.15, -0.1) is 0 Å². The molecule has 0 aliphatic carbocycles. The van der Waals surface area contributed by atoms with Crippen molar-refractivity contribution < 1.29 is 9.53 Å². The maximum Gasteiger partial charge on any atom is 0.330 e. The molecule has 0 atom stereocenters. The van der Waals surface area contributed by atoms with Gasteiger partial charge >= 0.3 is 5.97 Å². The second kappa shape index (κ2) is 7.59. The highest BCUT2D eigenvalue weighted by molar-refractivity contribution is 6.03. The van der Waals surface area contributed by atoms with Crippen LogP contribution in [0.15, 0.2) is 42.6 Å². The van der Waals surface area contributed by atoms with Gasteiger partial charge in [-0.3, -0.25) is 5.10 Å². The second-order valence-electron chi connectivity index (χ2n) is 6.31. The van der Waals surface area contributed by atoms with Gasteiger partial charge in [-0.2, -0.15) is 5.10 Å². The lowest BCUT2D eigenvalue weighted by atomic mass is 10.0. The van der Waals surface area contributed by atoms with Crippen LogP contribution in [0.4, 0.5) is 5.69 Å². The number of ether oxygens (including phenoxy) is 1. The predicted molar refractivity (Wildman–Crippen MR) is 105 cm³/mol. The number of hydrogen-bond donors (Lipinski definition) is 2. The molecule has 2 N–H and O–H groups in total. The van der Waals surface area contributed by atoms with Gasteiger partial charge in [0.25, 0.3) is 0 Å². The molecule has 3 aromatic rings. The Labute approximate surface area is 157 Å². The number of rotatable bonds is 4. The van der Waals surface area contributed by atoms with E-state index in [1.807, 2.05) is 24.4 Å². The number of hydrogen-bond acceptors (Lipinski definition) is 6. The van der Waals surface area contributed by atoms with Gasteiger partial charge in [0.05, 0.1) is 23.9 Å². The third-order valence-electron chi connectivity index (χ3n) is 4.69. The summed E-state index contributed by atoms with van der Waals surface area (Å²) in [4.78, 5) is 18.5. The Bertz CT molecular complexity index is 975. The van der Waals surface area contributed by atoms with Gasteiger partial charge in [0, 0.05) is 44.0 Å². The van der Waals surface area contributed by atoms with Gasteiger partial charge in [-0.05, 0) is 11.6 Å². The van der Waals surface area contributed by atoms with E-state index in [2.05, 4.69) is 37.5 Å². The quantitative estimate of drug-likeness (QED) is 0.546. The van der Waals surface area contributed by atoms with Gasteiger partial charge in [-0.25, -0.2) is 9.78 Å². The molecule has 3 heterocycles. The first-order valence-corrected chi connectivity index (χ1v) is 8.92. The standard InChI is InChI=1S/C20H21N5O2/c1-27-17(26)8-7-16-18-19(25-11-9-21-10-12-25)15(13-22-20(18)24-23-16)14-5-3-2-4-6-14/h2-8,13,21H,9-12H2,1H3,(H,22,23,24). The van der Waals surface area contributed by atoms with Crippen molar-refractivity contribution in [2.75, 3.05) is 38.2 Å². The molecule has 7 nitrogen and oxygen atoms in total. The molecule has 1 aromatic carbocycles. The van der Waals surface area contributed by atoms with Gasteiger partial charge in [-0.1, -0.05) is 30.3 Å². The minimum Gasteiger partial charge on any atom is -0.466 e. The maximum absolute atomic E-state index is 11.5. The normalized spacial score (nSPS) is 14.8. The van der Waals surface area contributed by atoms with Crippen LogP contribution in [0.5, 0.6) is 0 Å². The summed E-state index contributed by atoms with van der Waals surface area (Å²) in [5.41, 5.74) is 4.62. The van der Waals surface area contributed by atoms with Crippen molar-refractivity contribution in [1.82, 2.24) is 20.5 Å². The highest BCUT2D eigenvalue weighted by Crippen LogP contribution is 2.37. The Balaban J connectivity index is 1.92. The van der Waals surface area contributed by atoms with E-state index < -0.39 is 5.97 Å². The number of esters is 1. The molecule has 7 heteroatoms. The highest BCUT2D eigenvalue weighted by atomic mass is 16.5. The van der Waals surface area contributed by atoms with Gasteiger partial charge in [0.15, 0.2) is 5.65 Å². The maximum atomic E-state index is 11.5. The Morgan fingerprint density at radius 1 is 1.22 bits per heavy atom. The number of methoxy groups -OCH3 is 1. The van der Waals surface area contributed by atoms with Gasteiger partial charge < -0.3 is 15.0 Å². The number of aromatic amines is 1. The molecule has 27 heavy (non-hydrogen) atoms. The summed E-state index contributed by atoms with van der Waals surface area (Å²) in [7, 11) is 1.36. The van der Waals surface area contributed by atoms with Crippen molar-refractivity contribution in [1.29, 1.82) is 0 Å². The third kappa shape index (κ3) is 3.41. The van der Waals surface area contributed by atoms with Crippen LogP contribution in [0.25, 0.3) is 28.2 Å². The molecule has 138 valence electrons. The largest absolute Gasteiger partial charge is 0.466 e. The summed E-state index contributed by atoms with van der Waals surface area (Å²) in [5, 5.41) is 11.7. The molecule has 0 amide bonds. The summed E-state index contributed by atoms with van der Waals surface area (Å²) in [6.07, 6.45) is 4.94. The lowest BCUT2D eigenvalue weighted by Gasteiger charge is -2.31. The molecular weight excluding hydrogens is 342 g/mol. The Morgan fingerprint density at radius 3 is 2.74 bits per heavy atom. The van der Waals surface area contributed by atoms with Crippen LogP contribution in [-0.4, -0.2) is 54.4 Å². The van der Waals surface area contributed by atoms with E-state index >= 15 is 0 Å². The summed E-state index contributed by atoms with van der Waals surface area (Å²) >= 11 is 0. The average molecular weight is 363 g/mol. The van der Waals surface area contributed by atoms with Crippen molar-refractivity contribution in [3.05, 3.63) is 48.3 Å². The highest BCUT2D eigenvalue weighted by Gasteiger charge is 2.22. The van der Waals surface area contributed by atoms with Crippen LogP contribution in [0, 0.1) is 0 Å². The smallest absolute Gasteiger partial charge is 0.330 e. The van der Waals surface area contributed by atoms with Crippen LogP contribution >= 0.6 is 0 Å². The average Bonchev–Trinajstić information content (AvgIpc) is 3.15. The lowest BCUT2D eigenvalue weighted by Crippen LogP contribution is -2.43. The van der Waals surface area contributed by atoms with E-state index in [9.17, 15) is 4.79 Å². The molecule has 1 fully saturated rings. The molecule has 0 spiro atoms. The summed E-state index contributed by atoms with van der Waals surface area (Å²) in [5.74, 6) is -0.415. The summed E-state index contributed by atoms with van der Waals surface area (Å²) in [6.45, 7) is 3.63. The summed E-state index contributed by atoms with van der Waals surface area (Å²) in [6, 6.07) is 10.2. The number of aromatic nitrogens is 3. The number of benzene rings is 1. The molecule has 0 saturated carbocycles. The zero-order chi connectivity index (χ0) is 18.6. The zero-order valence-electron chi connectivity index (χ0n) is 15.1. The molecule has 1 aliphatic heterocycles. The fraction of sp³-hybridized carbons (Fsp3) is 0.250. The molecule has 1 aliphatic rings. The van der Waals surface area contributed by atoms with Crippen molar-refractivity contribution >= 4 is 28.8 Å². The molecular formula is C20H21N5O2. The van der Waals surface area contributed by atoms with Gasteiger partial charge in [0.2, 0.25) is 0 Å². The number of carbonyl (C=O) groups is 1. The Kier molecular flexibility index (Phi) is 4.84. The lowest BCUT2D eigenvalue weighted by molar-refractivity contribution is -0.134.